The second-order valence-corrected chi connectivity index (χ2v) is 9.20. The van der Waals surface area contributed by atoms with Crippen molar-refractivity contribution in [2.24, 2.45) is 23.2 Å². The number of carbonyl (C=O) groups excluding carboxylic acids is 1. The Labute approximate surface area is 153 Å². The number of carbonyl (C=O) groups is 1. The number of aromatic nitrogens is 2. The highest BCUT2D eigenvalue weighted by Crippen LogP contribution is 2.61. The molecule has 0 saturated heterocycles. The van der Waals surface area contributed by atoms with Gasteiger partial charge >= 0.3 is 0 Å². The molecule has 1 unspecified atom stereocenters. The molecule has 0 aliphatic heterocycles. The van der Waals surface area contributed by atoms with Gasteiger partial charge in [0.05, 0.1) is 5.56 Å². The molecule has 2 aromatic rings. The summed E-state index contributed by atoms with van der Waals surface area (Å²) in [5.74, 6) is 2.64. The lowest BCUT2D eigenvalue weighted by atomic mass is 9.49. The second-order valence-electron chi connectivity index (χ2n) is 8.67. The van der Waals surface area contributed by atoms with Gasteiger partial charge in [-0.1, -0.05) is 11.6 Å². The molecular weight excluding hydrogens is 334 g/mol. The fraction of sp³-hybridized carbons (Fsp3) is 0.600. The number of nitrogens with zero attached hydrogens (tertiary/aromatic N) is 2. The van der Waals surface area contributed by atoms with Crippen LogP contribution >= 0.6 is 11.6 Å². The maximum absolute atomic E-state index is 12.6. The summed E-state index contributed by atoms with van der Waals surface area (Å²) >= 11 is 6.61. The largest absolute Gasteiger partial charge is 0.336 e. The first-order chi connectivity index (χ1) is 12.1. The molecule has 1 amide bonds. The van der Waals surface area contributed by atoms with E-state index < -0.39 is 0 Å². The van der Waals surface area contributed by atoms with Crippen molar-refractivity contribution >= 4 is 23.2 Å². The van der Waals surface area contributed by atoms with E-state index in [0.717, 1.165) is 29.8 Å². The number of amides is 1. The number of nitrogens with one attached hydrogen (secondary N) is 1. The smallest absolute Gasteiger partial charge is 0.253 e. The molecule has 2 aromatic heterocycles. The van der Waals surface area contributed by atoms with E-state index in [0.29, 0.717) is 11.0 Å². The Morgan fingerprint density at radius 1 is 1.24 bits per heavy atom. The zero-order valence-electron chi connectivity index (χ0n) is 14.3. The van der Waals surface area contributed by atoms with Crippen LogP contribution in [-0.4, -0.2) is 20.8 Å². The van der Waals surface area contributed by atoms with Crippen molar-refractivity contribution in [1.29, 1.82) is 0 Å². The quantitative estimate of drug-likeness (QED) is 0.657. The van der Waals surface area contributed by atoms with Gasteiger partial charge in [-0.15, -0.1) is 0 Å². The Kier molecular flexibility index (Phi) is 3.60. The average Bonchev–Trinajstić information content (AvgIpc) is 3.00. The molecule has 4 bridgehead atoms. The highest BCUT2D eigenvalue weighted by molar-refractivity contribution is 6.21. The van der Waals surface area contributed by atoms with Crippen LogP contribution in [0, 0.1) is 23.2 Å². The van der Waals surface area contributed by atoms with E-state index in [1.54, 1.807) is 6.20 Å². The van der Waals surface area contributed by atoms with Crippen LogP contribution in [0.3, 0.4) is 0 Å². The molecule has 1 atom stereocenters. The minimum absolute atomic E-state index is 0.0969. The number of halogens is 1. The number of imidazole rings is 1. The minimum atomic E-state index is -0.290. The van der Waals surface area contributed by atoms with Crippen LogP contribution in [0.5, 0.6) is 0 Å². The number of hydrogen-bond acceptors (Lipinski definition) is 2. The topological polar surface area (TPSA) is 46.4 Å². The van der Waals surface area contributed by atoms with Crippen molar-refractivity contribution in [2.75, 3.05) is 0 Å². The van der Waals surface area contributed by atoms with Crippen LogP contribution in [-0.2, 0) is 0 Å². The normalized spacial score (nSPS) is 34.4. The van der Waals surface area contributed by atoms with Crippen molar-refractivity contribution < 1.29 is 4.79 Å². The minimum Gasteiger partial charge on any atom is -0.336 e. The summed E-state index contributed by atoms with van der Waals surface area (Å²) in [6.07, 6.45) is 14.6. The van der Waals surface area contributed by atoms with E-state index in [9.17, 15) is 4.79 Å². The standard InChI is InChI=1S/C20H24ClN3O/c21-17(11-20-8-13-5-14(9-20)7-15(6-13)10-20)23-19(25)16-1-2-18-22-3-4-24(18)12-16/h1-4,12-15,17H,5-11H2,(H,23,25). The highest BCUT2D eigenvalue weighted by Gasteiger charge is 2.51. The van der Waals surface area contributed by atoms with E-state index in [2.05, 4.69) is 10.3 Å². The van der Waals surface area contributed by atoms with E-state index in [1.807, 2.05) is 28.9 Å². The fourth-order valence-corrected chi connectivity index (χ4v) is 6.68. The SMILES string of the molecule is O=C(NC(Cl)CC12CC3CC(CC(C3)C1)C2)c1ccc2nccn2c1. The Bertz CT molecular complexity index is 779. The van der Waals surface area contributed by atoms with E-state index in [-0.39, 0.29) is 11.4 Å². The van der Waals surface area contributed by atoms with Crippen LogP contribution < -0.4 is 5.32 Å². The summed E-state index contributed by atoms with van der Waals surface area (Å²) in [6.45, 7) is 0. The van der Waals surface area contributed by atoms with Crippen molar-refractivity contribution in [3.05, 3.63) is 36.3 Å². The predicted octanol–water partition coefficient (Wildman–Crippen LogP) is 4.24. The molecule has 4 nitrogen and oxygen atoms in total. The van der Waals surface area contributed by atoms with Gasteiger partial charge in [0.1, 0.15) is 11.1 Å². The van der Waals surface area contributed by atoms with Crippen LogP contribution in [0.4, 0.5) is 0 Å². The monoisotopic (exact) mass is 357 g/mol. The zero-order valence-corrected chi connectivity index (χ0v) is 15.1. The van der Waals surface area contributed by atoms with E-state index in [4.69, 9.17) is 11.6 Å². The summed E-state index contributed by atoms with van der Waals surface area (Å²) in [6, 6.07) is 3.67. The first-order valence-electron chi connectivity index (χ1n) is 9.46. The van der Waals surface area contributed by atoms with Crippen molar-refractivity contribution in [3.8, 4) is 0 Å². The molecule has 4 aliphatic carbocycles. The molecule has 0 spiro atoms. The maximum atomic E-state index is 12.6. The summed E-state index contributed by atoms with van der Waals surface area (Å²) in [7, 11) is 0. The number of rotatable bonds is 4. The van der Waals surface area contributed by atoms with Gasteiger partial charge in [-0.3, -0.25) is 4.79 Å². The van der Waals surface area contributed by atoms with Crippen molar-refractivity contribution in [2.45, 2.75) is 50.4 Å². The van der Waals surface area contributed by atoms with E-state index in [1.165, 1.54) is 38.5 Å². The summed E-state index contributed by atoms with van der Waals surface area (Å²) in [5, 5.41) is 3.02. The second kappa shape index (κ2) is 5.73. The van der Waals surface area contributed by atoms with Gasteiger partial charge in [-0.2, -0.15) is 0 Å². The third-order valence-corrected chi connectivity index (χ3v) is 6.98. The van der Waals surface area contributed by atoms with Gasteiger partial charge in [-0.05, 0) is 80.2 Å². The molecule has 6 rings (SSSR count). The Hall–Kier alpha value is -1.55. The predicted molar refractivity (Wildman–Crippen MR) is 97.5 cm³/mol. The van der Waals surface area contributed by atoms with E-state index >= 15 is 0 Å². The molecule has 5 heteroatoms. The van der Waals surface area contributed by atoms with Crippen molar-refractivity contribution in [3.63, 3.8) is 0 Å². The number of hydrogen-bond donors (Lipinski definition) is 1. The van der Waals surface area contributed by atoms with Crippen LogP contribution in [0.2, 0.25) is 0 Å². The van der Waals surface area contributed by atoms with Gasteiger partial charge in [0.25, 0.3) is 5.91 Å². The number of fused-ring (bicyclic) bond motifs is 1. The third-order valence-electron chi connectivity index (χ3n) is 6.72. The summed E-state index contributed by atoms with van der Waals surface area (Å²) in [4.78, 5) is 16.8. The molecule has 1 N–H and O–H groups in total. The summed E-state index contributed by atoms with van der Waals surface area (Å²) < 4.78 is 1.86. The van der Waals surface area contributed by atoms with Crippen LogP contribution in [0.15, 0.2) is 30.7 Å². The summed E-state index contributed by atoms with van der Waals surface area (Å²) in [5.41, 5.74) is 1.55. The number of alkyl halides is 1. The number of pyridine rings is 1. The highest BCUT2D eigenvalue weighted by atomic mass is 35.5. The average molecular weight is 358 g/mol. The lowest BCUT2D eigenvalue weighted by Gasteiger charge is -2.57. The third kappa shape index (κ3) is 2.84. The van der Waals surface area contributed by atoms with Crippen LogP contribution in [0.1, 0.15) is 55.3 Å². The van der Waals surface area contributed by atoms with Crippen LogP contribution in [0.25, 0.3) is 5.65 Å². The molecule has 132 valence electrons. The molecule has 0 radical (unpaired) electrons. The van der Waals surface area contributed by atoms with Gasteiger partial charge in [-0.25, -0.2) is 4.98 Å². The molecular formula is C20H24ClN3O. The Morgan fingerprint density at radius 3 is 2.60 bits per heavy atom. The molecule has 4 saturated carbocycles. The maximum Gasteiger partial charge on any atom is 0.253 e. The van der Waals surface area contributed by atoms with Crippen molar-refractivity contribution in [1.82, 2.24) is 14.7 Å². The molecule has 4 fully saturated rings. The first-order valence-corrected chi connectivity index (χ1v) is 9.90. The van der Waals surface area contributed by atoms with Gasteiger partial charge < -0.3 is 9.72 Å². The fourth-order valence-electron chi connectivity index (χ4n) is 6.25. The molecule has 25 heavy (non-hydrogen) atoms. The molecule has 0 aromatic carbocycles. The van der Waals surface area contributed by atoms with Gasteiger partial charge in [0.2, 0.25) is 0 Å². The Morgan fingerprint density at radius 2 is 1.92 bits per heavy atom. The van der Waals surface area contributed by atoms with Gasteiger partial charge in [0.15, 0.2) is 0 Å². The zero-order chi connectivity index (χ0) is 17.0. The lowest BCUT2D eigenvalue weighted by Crippen LogP contribution is -2.48. The molecule has 2 heterocycles. The first kappa shape index (κ1) is 15.7. The lowest BCUT2D eigenvalue weighted by molar-refractivity contribution is -0.0581. The van der Waals surface area contributed by atoms with Gasteiger partial charge in [0, 0.05) is 18.6 Å². The Balaban J connectivity index is 1.27. The molecule has 4 aliphatic rings.